The first-order chi connectivity index (χ1) is 9.65. The van der Waals surface area contributed by atoms with Crippen molar-refractivity contribution in [3.63, 3.8) is 0 Å². The molecule has 1 atom stereocenters. The summed E-state index contributed by atoms with van der Waals surface area (Å²) in [6.07, 6.45) is 0.435. The summed E-state index contributed by atoms with van der Waals surface area (Å²) in [5, 5.41) is 7.17. The van der Waals surface area contributed by atoms with E-state index in [0.717, 1.165) is 11.3 Å². The topological polar surface area (TPSA) is 71.3 Å². The molecule has 1 N–H and O–H groups in total. The summed E-state index contributed by atoms with van der Waals surface area (Å²) in [5.41, 5.74) is 2.07. The maximum Gasteiger partial charge on any atom is 0.228 e. The van der Waals surface area contributed by atoms with Crippen LogP contribution in [0.5, 0.6) is 0 Å². The van der Waals surface area contributed by atoms with Gasteiger partial charge in [0.15, 0.2) is 5.82 Å². The zero-order valence-corrected chi connectivity index (χ0v) is 11.5. The number of rotatable bonds is 3. The van der Waals surface area contributed by atoms with Gasteiger partial charge in [0.05, 0.1) is 6.54 Å². The normalized spacial score (nSPS) is 18.2. The summed E-state index contributed by atoms with van der Waals surface area (Å²) >= 11 is 0. The van der Waals surface area contributed by atoms with Crippen molar-refractivity contribution in [1.82, 2.24) is 15.5 Å². The molecule has 3 rings (SSSR count). The second kappa shape index (κ2) is 5.05. The minimum atomic E-state index is -0.0197. The number of nitrogens with one attached hydrogen (secondary N) is 1. The highest BCUT2D eigenvalue weighted by atomic mass is 16.5. The number of amides is 1. The third-order valence-electron chi connectivity index (χ3n) is 3.50. The molecule has 0 spiro atoms. The molecule has 2 aromatic rings. The first kappa shape index (κ1) is 12.8. The average molecular weight is 272 g/mol. The van der Waals surface area contributed by atoms with Crippen LogP contribution in [0.3, 0.4) is 0 Å². The van der Waals surface area contributed by atoms with Gasteiger partial charge >= 0.3 is 0 Å². The molecule has 0 bridgehead atoms. The van der Waals surface area contributed by atoms with Crippen LogP contribution in [0.4, 0.5) is 5.69 Å². The molecule has 1 aliphatic heterocycles. The van der Waals surface area contributed by atoms with E-state index in [0.29, 0.717) is 24.7 Å². The Kier molecular flexibility index (Phi) is 3.23. The summed E-state index contributed by atoms with van der Waals surface area (Å²) in [5.74, 6) is 1.25. The lowest BCUT2D eigenvalue weighted by Crippen LogP contribution is -2.37. The molecule has 104 valence electrons. The van der Waals surface area contributed by atoms with Crippen molar-refractivity contribution in [3.8, 4) is 0 Å². The van der Waals surface area contributed by atoms with Crippen LogP contribution in [0.2, 0.25) is 0 Å². The SMILES string of the molecule is Cc1nc(CNC2CC(=O)N(C)c3ccccc32)no1. The molecule has 0 fully saturated rings. The molecule has 0 radical (unpaired) electrons. The van der Waals surface area contributed by atoms with Crippen molar-refractivity contribution in [1.29, 1.82) is 0 Å². The number of aryl methyl sites for hydroxylation is 1. The summed E-state index contributed by atoms with van der Waals surface area (Å²) in [7, 11) is 1.81. The maximum absolute atomic E-state index is 12.0. The minimum Gasteiger partial charge on any atom is -0.340 e. The Morgan fingerprint density at radius 2 is 2.25 bits per heavy atom. The molecule has 20 heavy (non-hydrogen) atoms. The van der Waals surface area contributed by atoms with Gasteiger partial charge < -0.3 is 14.7 Å². The fraction of sp³-hybridized carbons (Fsp3) is 0.357. The number of hydrogen-bond acceptors (Lipinski definition) is 5. The molecule has 6 heteroatoms. The van der Waals surface area contributed by atoms with Crippen molar-refractivity contribution in [3.05, 3.63) is 41.5 Å². The Labute approximate surface area is 116 Å². The van der Waals surface area contributed by atoms with Crippen LogP contribution in [0.15, 0.2) is 28.8 Å². The fourth-order valence-corrected chi connectivity index (χ4v) is 2.45. The number of hydrogen-bond donors (Lipinski definition) is 1. The van der Waals surface area contributed by atoms with Crippen LogP contribution in [-0.4, -0.2) is 23.1 Å². The number of benzene rings is 1. The van der Waals surface area contributed by atoms with Crippen molar-refractivity contribution in [2.24, 2.45) is 0 Å². The first-order valence-electron chi connectivity index (χ1n) is 6.53. The Balaban J connectivity index is 1.80. The molecular formula is C14H16N4O2. The maximum atomic E-state index is 12.0. The smallest absolute Gasteiger partial charge is 0.228 e. The number of carbonyl (C=O) groups is 1. The van der Waals surface area contributed by atoms with Gasteiger partial charge in [0.2, 0.25) is 11.8 Å². The van der Waals surface area contributed by atoms with Crippen LogP contribution in [0.25, 0.3) is 0 Å². The van der Waals surface area contributed by atoms with Crippen LogP contribution in [0, 0.1) is 6.92 Å². The lowest BCUT2D eigenvalue weighted by atomic mass is 9.96. The molecule has 1 aromatic carbocycles. The molecule has 1 aromatic heterocycles. The van der Waals surface area contributed by atoms with E-state index in [1.807, 2.05) is 24.3 Å². The van der Waals surface area contributed by atoms with Crippen LogP contribution >= 0.6 is 0 Å². The highest BCUT2D eigenvalue weighted by Gasteiger charge is 2.28. The van der Waals surface area contributed by atoms with Gasteiger partial charge in [-0.05, 0) is 11.6 Å². The lowest BCUT2D eigenvalue weighted by Gasteiger charge is -2.31. The van der Waals surface area contributed by atoms with Crippen LogP contribution in [0.1, 0.15) is 29.7 Å². The Hall–Kier alpha value is -2.21. The fourth-order valence-electron chi connectivity index (χ4n) is 2.45. The highest BCUT2D eigenvalue weighted by molar-refractivity contribution is 5.96. The van der Waals surface area contributed by atoms with E-state index in [4.69, 9.17) is 4.52 Å². The second-order valence-corrected chi connectivity index (χ2v) is 4.88. The molecule has 2 heterocycles. The average Bonchev–Trinajstić information content (AvgIpc) is 2.87. The van der Waals surface area contributed by atoms with E-state index in [2.05, 4.69) is 15.5 Å². The minimum absolute atomic E-state index is 0.0197. The third kappa shape index (κ3) is 2.30. The quantitative estimate of drug-likeness (QED) is 0.918. The Morgan fingerprint density at radius 3 is 3.00 bits per heavy atom. The van der Waals surface area contributed by atoms with Crippen LogP contribution in [-0.2, 0) is 11.3 Å². The number of nitrogens with zero attached hydrogens (tertiary/aromatic N) is 3. The van der Waals surface area contributed by atoms with Gasteiger partial charge in [0, 0.05) is 32.1 Å². The number of fused-ring (bicyclic) bond motifs is 1. The molecule has 0 saturated heterocycles. The van der Waals surface area contributed by atoms with Gasteiger partial charge in [-0.2, -0.15) is 4.98 Å². The van der Waals surface area contributed by atoms with Gasteiger partial charge in [-0.3, -0.25) is 4.79 Å². The predicted molar refractivity (Wildman–Crippen MR) is 73.1 cm³/mol. The van der Waals surface area contributed by atoms with Gasteiger partial charge in [-0.25, -0.2) is 0 Å². The lowest BCUT2D eigenvalue weighted by molar-refractivity contribution is -0.119. The van der Waals surface area contributed by atoms with Gasteiger partial charge in [-0.15, -0.1) is 0 Å². The van der Waals surface area contributed by atoms with E-state index in [1.165, 1.54) is 0 Å². The zero-order chi connectivity index (χ0) is 14.1. The largest absolute Gasteiger partial charge is 0.340 e. The summed E-state index contributed by atoms with van der Waals surface area (Å²) in [4.78, 5) is 17.9. The molecule has 0 aliphatic carbocycles. The Bertz CT molecular complexity index is 638. The van der Waals surface area contributed by atoms with Crippen LogP contribution < -0.4 is 10.2 Å². The van der Waals surface area contributed by atoms with E-state index in [1.54, 1.807) is 18.9 Å². The monoisotopic (exact) mass is 272 g/mol. The zero-order valence-electron chi connectivity index (χ0n) is 11.5. The van der Waals surface area contributed by atoms with Crippen molar-refractivity contribution in [2.45, 2.75) is 25.9 Å². The number of para-hydroxylation sites is 1. The van der Waals surface area contributed by atoms with Crippen molar-refractivity contribution < 1.29 is 9.32 Å². The summed E-state index contributed by atoms with van der Waals surface area (Å²) < 4.78 is 4.94. The second-order valence-electron chi connectivity index (χ2n) is 4.88. The van der Waals surface area contributed by atoms with Crippen molar-refractivity contribution >= 4 is 11.6 Å². The first-order valence-corrected chi connectivity index (χ1v) is 6.53. The third-order valence-corrected chi connectivity index (χ3v) is 3.50. The number of carbonyl (C=O) groups excluding carboxylic acids is 1. The molecular weight excluding hydrogens is 256 g/mol. The summed E-state index contributed by atoms with van der Waals surface area (Å²) in [6, 6.07) is 7.90. The van der Waals surface area contributed by atoms with Gasteiger partial charge in [0.1, 0.15) is 0 Å². The molecule has 1 aliphatic rings. The standard InChI is InChI=1S/C14H16N4O2/c1-9-16-13(17-20-9)8-15-11-7-14(19)18(2)12-6-4-3-5-10(11)12/h3-6,11,15H,7-8H2,1-2H3. The van der Waals surface area contributed by atoms with E-state index in [9.17, 15) is 4.79 Å². The van der Waals surface area contributed by atoms with Crippen molar-refractivity contribution in [2.75, 3.05) is 11.9 Å². The Morgan fingerprint density at radius 1 is 1.45 bits per heavy atom. The van der Waals surface area contributed by atoms with E-state index >= 15 is 0 Å². The van der Waals surface area contributed by atoms with E-state index in [-0.39, 0.29) is 11.9 Å². The highest BCUT2D eigenvalue weighted by Crippen LogP contribution is 2.33. The summed E-state index contributed by atoms with van der Waals surface area (Å²) in [6.45, 7) is 2.23. The molecule has 1 amide bonds. The molecule has 1 unspecified atom stereocenters. The van der Waals surface area contributed by atoms with Gasteiger partial charge in [0.25, 0.3) is 0 Å². The van der Waals surface area contributed by atoms with E-state index < -0.39 is 0 Å². The number of anilines is 1. The molecule has 0 saturated carbocycles. The van der Waals surface area contributed by atoms with Gasteiger partial charge in [-0.1, -0.05) is 23.4 Å². The predicted octanol–water partition coefficient (Wildman–Crippen LogP) is 1.58. The molecule has 6 nitrogen and oxygen atoms in total. The number of aromatic nitrogens is 2.